The monoisotopic (exact) mass is 474 g/mol. The zero-order valence-corrected chi connectivity index (χ0v) is 20.3. The highest BCUT2D eigenvalue weighted by molar-refractivity contribution is 5.96. The number of allylic oxidation sites excluding steroid dienone is 4. The Morgan fingerprint density at radius 2 is 1.63 bits per heavy atom. The molecule has 0 saturated heterocycles. The van der Waals surface area contributed by atoms with Gasteiger partial charge < -0.3 is 25.8 Å². The molecule has 0 fully saturated rings. The Bertz CT molecular complexity index is 1090. The van der Waals surface area contributed by atoms with E-state index in [9.17, 15) is 0 Å². The Hall–Kier alpha value is -4.00. The van der Waals surface area contributed by atoms with Gasteiger partial charge in [-0.3, -0.25) is 4.99 Å². The van der Waals surface area contributed by atoms with Gasteiger partial charge in [0.15, 0.2) is 5.84 Å². The van der Waals surface area contributed by atoms with Crippen molar-refractivity contribution in [2.75, 3.05) is 13.2 Å². The van der Waals surface area contributed by atoms with Crippen molar-refractivity contribution in [2.45, 2.75) is 32.9 Å². The summed E-state index contributed by atoms with van der Waals surface area (Å²) in [4.78, 5) is 4.82. The Morgan fingerprint density at radius 3 is 2.37 bits per heavy atom. The first-order valence-corrected chi connectivity index (χ1v) is 11.9. The van der Waals surface area contributed by atoms with E-state index in [0.29, 0.717) is 24.9 Å². The summed E-state index contributed by atoms with van der Waals surface area (Å²) in [5.74, 6) is 7.91. The summed E-state index contributed by atoms with van der Waals surface area (Å²) < 4.78 is 17.4. The number of nitrogens with zero attached hydrogens (tertiary/aromatic N) is 2. The molecule has 184 valence electrons. The van der Waals surface area contributed by atoms with Gasteiger partial charge in [-0.2, -0.15) is 5.10 Å². The molecule has 2 aliphatic rings. The highest BCUT2D eigenvalue weighted by atomic mass is 16.5. The van der Waals surface area contributed by atoms with Gasteiger partial charge in [-0.25, -0.2) is 0 Å². The average Bonchev–Trinajstić information content (AvgIpc) is 3.26. The van der Waals surface area contributed by atoms with Gasteiger partial charge in [0.25, 0.3) is 0 Å². The van der Waals surface area contributed by atoms with Crippen LogP contribution in [0.25, 0.3) is 0 Å². The largest absolute Gasteiger partial charge is 0.489 e. The number of amidine groups is 1. The molecular weight excluding hydrogens is 440 g/mol. The van der Waals surface area contributed by atoms with Crippen molar-refractivity contribution in [3.05, 3.63) is 90.6 Å². The van der Waals surface area contributed by atoms with E-state index in [0.717, 1.165) is 29.2 Å². The molecule has 4 N–H and O–H groups in total. The van der Waals surface area contributed by atoms with E-state index in [-0.39, 0.29) is 18.5 Å². The normalized spacial score (nSPS) is 18.5. The molecule has 2 aromatic rings. The van der Waals surface area contributed by atoms with E-state index in [1.165, 1.54) is 0 Å². The predicted molar refractivity (Wildman–Crippen MR) is 142 cm³/mol. The fraction of sp³-hybridized carbons (Fsp3) is 0.286. The maximum atomic E-state index is 6.00. The maximum Gasteiger partial charge on any atom is 0.157 e. The van der Waals surface area contributed by atoms with E-state index in [1.54, 1.807) is 0 Å². The standard InChI is InChI=1S/C26H28N4O3.C2H6/c27-26(30-28)18-33-23-12-9-20(10-13-23)16-31-24-6-3-7-25(15-24)32-17-22-11-8-19-4-1-2-5-21(14-19)29-22;1-2/h1-13,15,19,21H,14,16-18,28H2,(H2,27,30);1-2H3. The molecule has 4 rings (SSSR count). The van der Waals surface area contributed by atoms with Crippen LogP contribution in [0.5, 0.6) is 17.2 Å². The number of ether oxygens (including phenoxy) is 3. The van der Waals surface area contributed by atoms with Crippen molar-refractivity contribution < 1.29 is 14.2 Å². The number of hydrazone groups is 1. The fourth-order valence-electron chi connectivity index (χ4n) is 3.50. The number of aliphatic imine (C=N–C) groups is 1. The number of nitrogens with two attached hydrogens (primary N) is 2. The Balaban J connectivity index is 0.00000167. The van der Waals surface area contributed by atoms with Gasteiger partial charge in [0.1, 0.15) is 37.1 Å². The highest BCUT2D eigenvalue weighted by Crippen LogP contribution is 2.23. The summed E-state index contributed by atoms with van der Waals surface area (Å²) in [5.41, 5.74) is 7.48. The molecule has 0 spiro atoms. The van der Waals surface area contributed by atoms with Gasteiger partial charge in [-0.1, -0.05) is 62.4 Å². The first-order valence-electron chi connectivity index (χ1n) is 11.9. The lowest BCUT2D eigenvalue weighted by molar-refractivity contribution is 0.302. The minimum absolute atomic E-state index is 0.149. The third-order valence-electron chi connectivity index (χ3n) is 5.26. The van der Waals surface area contributed by atoms with Crippen molar-refractivity contribution in [1.29, 1.82) is 0 Å². The molecule has 7 nitrogen and oxygen atoms in total. The molecule has 2 aromatic carbocycles. The van der Waals surface area contributed by atoms with E-state index in [4.69, 9.17) is 30.8 Å². The maximum absolute atomic E-state index is 6.00. The lowest BCUT2D eigenvalue weighted by atomic mass is 10.0. The van der Waals surface area contributed by atoms with Crippen LogP contribution in [-0.4, -0.2) is 30.8 Å². The van der Waals surface area contributed by atoms with E-state index in [1.807, 2.05) is 62.4 Å². The third-order valence-corrected chi connectivity index (χ3v) is 5.26. The zero-order chi connectivity index (χ0) is 24.9. The molecule has 1 heterocycles. The van der Waals surface area contributed by atoms with Crippen LogP contribution < -0.4 is 25.8 Å². The SMILES string of the molecule is CC.N/N=C(\N)COc1ccc(COc2cccc(OCC3=NC4C=CC=CC(C=C3)C4)c2)cc1. The molecule has 2 atom stereocenters. The van der Waals surface area contributed by atoms with E-state index >= 15 is 0 Å². The van der Waals surface area contributed by atoms with Crippen molar-refractivity contribution in [3.8, 4) is 17.2 Å². The average molecular weight is 475 g/mol. The molecular formula is C28H34N4O3. The summed E-state index contributed by atoms with van der Waals surface area (Å²) >= 11 is 0. The van der Waals surface area contributed by atoms with Crippen LogP contribution in [0.3, 0.4) is 0 Å². The second-order valence-electron chi connectivity index (χ2n) is 7.82. The smallest absolute Gasteiger partial charge is 0.157 e. The molecule has 7 heteroatoms. The second kappa shape index (κ2) is 13.6. The third kappa shape index (κ3) is 8.37. The van der Waals surface area contributed by atoms with Crippen LogP contribution in [0.1, 0.15) is 25.8 Å². The minimum atomic E-state index is 0.149. The van der Waals surface area contributed by atoms with Gasteiger partial charge in [0, 0.05) is 6.07 Å². The van der Waals surface area contributed by atoms with Gasteiger partial charge in [-0.15, -0.1) is 0 Å². The van der Waals surface area contributed by atoms with Crippen molar-refractivity contribution >= 4 is 11.5 Å². The van der Waals surface area contributed by atoms with Crippen LogP contribution in [-0.2, 0) is 6.61 Å². The Kier molecular flexibility index (Phi) is 9.99. The van der Waals surface area contributed by atoms with Crippen molar-refractivity contribution in [3.63, 3.8) is 0 Å². The van der Waals surface area contributed by atoms with Crippen LogP contribution >= 0.6 is 0 Å². The van der Waals surface area contributed by atoms with Gasteiger partial charge in [0.05, 0.1) is 11.8 Å². The minimum Gasteiger partial charge on any atom is -0.489 e. The predicted octanol–water partition coefficient (Wildman–Crippen LogP) is 4.79. The highest BCUT2D eigenvalue weighted by Gasteiger charge is 2.15. The van der Waals surface area contributed by atoms with E-state index in [2.05, 4.69) is 41.6 Å². The number of hydrogen-bond acceptors (Lipinski definition) is 6. The summed E-state index contributed by atoms with van der Waals surface area (Å²) in [6.45, 7) is 4.99. The first-order chi connectivity index (χ1) is 17.2. The Morgan fingerprint density at radius 1 is 0.914 bits per heavy atom. The first kappa shape index (κ1) is 25.6. The Labute approximate surface area is 207 Å². The molecule has 0 amide bonds. The lowest BCUT2D eigenvalue weighted by Gasteiger charge is -2.11. The molecule has 35 heavy (non-hydrogen) atoms. The molecule has 2 bridgehead atoms. The topological polar surface area (TPSA) is 104 Å². The van der Waals surface area contributed by atoms with Crippen molar-refractivity contribution in [2.24, 2.45) is 27.6 Å². The van der Waals surface area contributed by atoms with Crippen LogP contribution in [0.2, 0.25) is 0 Å². The summed E-state index contributed by atoms with van der Waals surface area (Å²) in [6, 6.07) is 15.4. The van der Waals surface area contributed by atoms with Crippen LogP contribution in [0.4, 0.5) is 0 Å². The van der Waals surface area contributed by atoms with Crippen LogP contribution in [0, 0.1) is 5.92 Å². The lowest BCUT2D eigenvalue weighted by Crippen LogP contribution is -2.22. The van der Waals surface area contributed by atoms with Gasteiger partial charge in [0.2, 0.25) is 0 Å². The molecule has 0 radical (unpaired) electrons. The molecule has 2 unspecified atom stereocenters. The molecule has 0 aromatic heterocycles. The zero-order valence-electron chi connectivity index (χ0n) is 20.3. The summed E-state index contributed by atoms with van der Waals surface area (Å²) in [6.07, 6.45) is 13.8. The summed E-state index contributed by atoms with van der Waals surface area (Å²) in [7, 11) is 0. The fourth-order valence-corrected chi connectivity index (χ4v) is 3.50. The van der Waals surface area contributed by atoms with Crippen LogP contribution in [0.15, 0.2) is 95.1 Å². The van der Waals surface area contributed by atoms with Gasteiger partial charge in [-0.05, 0) is 48.2 Å². The summed E-state index contributed by atoms with van der Waals surface area (Å²) in [5, 5.41) is 3.38. The molecule has 1 aliphatic heterocycles. The van der Waals surface area contributed by atoms with Gasteiger partial charge >= 0.3 is 0 Å². The number of fused-ring (bicyclic) bond motifs is 2. The second-order valence-corrected chi connectivity index (χ2v) is 7.82. The molecule has 0 saturated carbocycles. The number of hydrogen-bond donors (Lipinski definition) is 2. The quantitative estimate of drug-likeness (QED) is 0.235. The number of benzene rings is 2. The van der Waals surface area contributed by atoms with E-state index < -0.39 is 0 Å². The number of rotatable bonds is 9. The molecule has 1 aliphatic carbocycles. The van der Waals surface area contributed by atoms with Crippen molar-refractivity contribution in [1.82, 2.24) is 0 Å².